The number of nitriles is 1. The number of pyridine rings is 1. The van der Waals surface area contributed by atoms with Gasteiger partial charge in [-0.2, -0.15) is 5.26 Å². The first-order valence-electron chi connectivity index (χ1n) is 8.36. The molecule has 0 aliphatic rings. The molecule has 0 atom stereocenters. The SMILES string of the molecule is CNC(=O)Nc1cccc(NC(=O)CCc2c(C)[nH]c(=O)c(C#N)c2C)c1. The van der Waals surface area contributed by atoms with E-state index in [1.807, 2.05) is 6.07 Å². The molecule has 0 unspecified atom stereocenters. The molecule has 2 aromatic rings. The Bertz CT molecular complexity index is 972. The van der Waals surface area contributed by atoms with E-state index >= 15 is 0 Å². The number of urea groups is 1. The lowest BCUT2D eigenvalue weighted by Crippen LogP contribution is -2.24. The summed E-state index contributed by atoms with van der Waals surface area (Å²) in [5.74, 6) is -0.212. The summed E-state index contributed by atoms with van der Waals surface area (Å²) in [6.45, 7) is 3.46. The van der Waals surface area contributed by atoms with Crippen molar-refractivity contribution in [2.75, 3.05) is 17.7 Å². The van der Waals surface area contributed by atoms with Gasteiger partial charge in [0.05, 0.1) is 0 Å². The van der Waals surface area contributed by atoms with Gasteiger partial charge in [0, 0.05) is 30.5 Å². The zero-order valence-electron chi connectivity index (χ0n) is 15.4. The highest BCUT2D eigenvalue weighted by Crippen LogP contribution is 2.17. The molecule has 0 saturated heterocycles. The highest BCUT2D eigenvalue weighted by molar-refractivity contribution is 5.93. The number of aromatic nitrogens is 1. The second-order valence-electron chi connectivity index (χ2n) is 6.00. The van der Waals surface area contributed by atoms with Gasteiger partial charge in [0.1, 0.15) is 11.6 Å². The molecule has 4 N–H and O–H groups in total. The average molecular weight is 367 g/mol. The van der Waals surface area contributed by atoms with Crippen LogP contribution in [-0.2, 0) is 11.2 Å². The summed E-state index contributed by atoms with van der Waals surface area (Å²) in [5.41, 5.74) is 2.81. The number of rotatable bonds is 5. The van der Waals surface area contributed by atoms with Crippen LogP contribution in [0.15, 0.2) is 29.1 Å². The van der Waals surface area contributed by atoms with Gasteiger partial charge in [-0.1, -0.05) is 6.07 Å². The quantitative estimate of drug-likeness (QED) is 0.646. The van der Waals surface area contributed by atoms with Crippen molar-refractivity contribution in [1.82, 2.24) is 10.3 Å². The maximum atomic E-state index is 12.3. The molecular weight excluding hydrogens is 346 g/mol. The van der Waals surface area contributed by atoms with Crippen LogP contribution in [0.25, 0.3) is 0 Å². The van der Waals surface area contributed by atoms with E-state index in [-0.39, 0.29) is 23.9 Å². The van der Waals surface area contributed by atoms with E-state index in [0.717, 1.165) is 5.56 Å². The van der Waals surface area contributed by atoms with Crippen LogP contribution >= 0.6 is 0 Å². The van der Waals surface area contributed by atoms with Gasteiger partial charge in [-0.3, -0.25) is 9.59 Å². The highest BCUT2D eigenvalue weighted by atomic mass is 16.2. The molecule has 0 aliphatic heterocycles. The molecule has 27 heavy (non-hydrogen) atoms. The van der Waals surface area contributed by atoms with Crippen LogP contribution in [-0.4, -0.2) is 24.0 Å². The fourth-order valence-corrected chi connectivity index (χ4v) is 2.75. The van der Waals surface area contributed by atoms with Crippen molar-refractivity contribution in [1.29, 1.82) is 5.26 Å². The summed E-state index contributed by atoms with van der Waals surface area (Å²) in [7, 11) is 1.51. The number of H-pyrrole nitrogens is 1. The minimum absolute atomic E-state index is 0.0731. The Hall–Kier alpha value is -3.60. The van der Waals surface area contributed by atoms with Gasteiger partial charge in [0.2, 0.25) is 5.91 Å². The molecule has 0 radical (unpaired) electrons. The lowest BCUT2D eigenvalue weighted by Gasteiger charge is -2.11. The molecule has 0 bridgehead atoms. The fourth-order valence-electron chi connectivity index (χ4n) is 2.75. The Kier molecular flexibility index (Phi) is 6.33. The molecule has 3 amide bonds. The maximum absolute atomic E-state index is 12.3. The number of benzene rings is 1. The number of aryl methyl sites for hydroxylation is 1. The van der Waals surface area contributed by atoms with Crippen molar-refractivity contribution in [2.45, 2.75) is 26.7 Å². The monoisotopic (exact) mass is 367 g/mol. The molecule has 1 heterocycles. The second-order valence-corrected chi connectivity index (χ2v) is 6.00. The molecule has 140 valence electrons. The van der Waals surface area contributed by atoms with Crippen LogP contribution in [0.1, 0.15) is 28.8 Å². The lowest BCUT2D eigenvalue weighted by molar-refractivity contribution is -0.116. The van der Waals surface area contributed by atoms with Crippen LogP contribution in [0, 0.1) is 25.2 Å². The molecule has 1 aromatic carbocycles. The topological polar surface area (TPSA) is 127 Å². The Balaban J connectivity index is 2.06. The van der Waals surface area contributed by atoms with Crippen molar-refractivity contribution >= 4 is 23.3 Å². The molecule has 0 saturated carbocycles. The van der Waals surface area contributed by atoms with Gasteiger partial charge in [-0.25, -0.2) is 4.79 Å². The number of hydrogen-bond acceptors (Lipinski definition) is 4. The molecule has 1 aromatic heterocycles. The Morgan fingerprint density at radius 3 is 2.48 bits per heavy atom. The normalized spacial score (nSPS) is 10.0. The van der Waals surface area contributed by atoms with Gasteiger partial charge < -0.3 is 20.9 Å². The van der Waals surface area contributed by atoms with Crippen molar-refractivity contribution < 1.29 is 9.59 Å². The molecule has 2 rings (SSSR count). The maximum Gasteiger partial charge on any atom is 0.318 e. The Morgan fingerprint density at radius 1 is 1.19 bits per heavy atom. The summed E-state index contributed by atoms with van der Waals surface area (Å²) < 4.78 is 0. The smallest absolute Gasteiger partial charge is 0.318 e. The van der Waals surface area contributed by atoms with E-state index in [2.05, 4.69) is 20.9 Å². The van der Waals surface area contributed by atoms with Gasteiger partial charge in [-0.15, -0.1) is 0 Å². The van der Waals surface area contributed by atoms with Crippen molar-refractivity contribution in [3.8, 4) is 6.07 Å². The summed E-state index contributed by atoms with van der Waals surface area (Å²) in [5, 5.41) is 17.0. The number of carbonyl (C=O) groups excluding carboxylic acids is 2. The van der Waals surface area contributed by atoms with E-state index in [4.69, 9.17) is 5.26 Å². The number of carbonyl (C=O) groups is 2. The van der Waals surface area contributed by atoms with Gasteiger partial charge in [0.25, 0.3) is 5.56 Å². The van der Waals surface area contributed by atoms with E-state index in [9.17, 15) is 14.4 Å². The molecule has 0 spiro atoms. The molecule has 8 heteroatoms. The molecular formula is C19H21N5O3. The predicted octanol–water partition coefficient (Wildman–Crippen LogP) is 2.19. The average Bonchev–Trinajstić information content (AvgIpc) is 2.61. The minimum Gasteiger partial charge on any atom is -0.341 e. The summed E-state index contributed by atoms with van der Waals surface area (Å²) in [6, 6.07) is 8.35. The molecule has 0 fully saturated rings. The largest absolute Gasteiger partial charge is 0.341 e. The van der Waals surface area contributed by atoms with Crippen LogP contribution in [0.2, 0.25) is 0 Å². The van der Waals surface area contributed by atoms with Crippen LogP contribution < -0.4 is 21.5 Å². The third-order valence-electron chi connectivity index (χ3n) is 4.15. The molecule has 0 aliphatic carbocycles. The minimum atomic E-state index is -0.416. The predicted molar refractivity (Wildman–Crippen MR) is 103 cm³/mol. The Morgan fingerprint density at radius 2 is 1.85 bits per heavy atom. The standard InChI is InChI=1S/C19H21N5O3/c1-11-15(12(2)22-18(26)16(11)10-20)7-8-17(25)23-13-5-4-6-14(9-13)24-19(27)21-3/h4-6,9H,7-8H2,1-3H3,(H,22,26)(H,23,25)(H2,21,24,27). The Labute approximate surface area is 156 Å². The van der Waals surface area contributed by atoms with E-state index in [1.54, 1.807) is 38.1 Å². The summed E-state index contributed by atoms with van der Waals surface area (Å²) in [4.78, 5) is 38.0. The number of hydrogen-bond donors (Lipinski definition) is 4. The van der Waals surface area contributed by atoms with Crippen molar-refractivity contribution in [2.24, 2.45) is 0 Å². The van der Waals surface area contributed by atoms with E-state index in [0.29, 0.717) is 29.1 Å². The second kappa shape index (κ2) is 8.67. The lowest BCUT2D eigenvalue weighted by atomic mass is 9.99. The first-order valence-corrected chi connectivity index (χ1v) is 8.36. The first-order chi connectivity index (χ1) is 12.8. The fraction of sp³-hybridized carbons (Fsp3) is 0.263. The zero-order valence-corrected chi connectivity index (χ0v) is 15.4. The van der Waals surface area contributed by atoms with Crippen LogP contribution in [0.4, 0.5) is 16.2 Å². The zero-order chi connectivity index (χ0) is 20.0. The first kappa shape index (κ1) is 19.7. The van der Waals surface area contributed by atoms with Gasteiger partial charge >= 0.3 is 6.03 Å². The number of amides is 3. The third kappa shape index (κ3) is 4.95. The molecule has 8 nitrogen and oxygen atoms in total. The van der Waals surface area contributed by atoms with Gasteiger partial charge in [0.15, 0.2) is 0 Å². The van der Waals surface area contributed by atoms with Gasteiger partial charge in [-0.05, 0) is 49.6 Å². The van der Waals surface area contributed by atoms with Crippen LogP contribution in [0.3, 0.4) is 0 Å². The number of anilines is 2. The highest BCUT2D eigenvalue weighted by Gasteiger charge is 2.13. The van der Waals surface area contributed by atoms with E-state index in [1.165, 1.54) is 7.05 Å². The number of nitrogens with one attached hydrogen (secondary N) is 4. The van der Waals surface area contributed by atoms with Crippen molar-refractivity contribution in [3.05, 3.63) is 57.0 Å². The number of aromatic amines is 1. The van der Waals surface area contributed by atoms with Crippen molar-refractivity contribution in [3.63, 3.8) is 0 Å². The number of nitrogens with zero attached hydrogens (tertiary/aromatic N) is 1. The summed E-state index contributed by atoms with van der Waals surface area (Å²) >= 11 is 0. The summed E-state index contributed by atoms with van der Waals surface area (Å²) in [6.07, 6.45) is 0.580. The third-order valence-corrected chi connectivity index (χ3v) is 4.15. The van der Waals surface area contributed by atoms with E-state index < -0.39 is 5.56 Å². The van der Waals surface area contributed by atoms with Crippen LogP contribution in [0.5, 0.6) is 0 Å².